The van der Waals surface area contributed by atoms with Crippen LogP contribution in [0.5, 0.6) is 5.75 Å². The van der Waals surface area contributed by atoms with Gasteiger partial charge in [0.05, 0.1) is 10.5 Å². The topological polar surface area (TPSA) is 81.5 Å². The molecule has 0 fully saturated rings. The number of nitro groups is 1. The fourth-order valence-corrected chi connectivity index (χ4v) is 1.81. The van der Waals surface area contributed by atoms with Crippen molar-refractivity contribution in [1.29, 1.82) is 0 Å². The van der Waals surface area contributed by atoms with Crippen LogP contribution in [0.15, 0.2) is 42.5 Å². The molecule has 1 amide bonds. The van der Waals surface area contributed by atoms with Gasteiger partial charge in [0.25, 0.3) is 5.91 Å². The van der Waals surface area contributed by atoms with Gasteiger partial charge in [-0.05, 0) is 30.3 Å². The molecule has 0 spiro atoms. The summed E-state index contributed by atoms with van der Waals surface area (Å²) in [4.78, 5) is 21.2. The van der Waals surface area contributed by atoms with Crippen molar-refractivity contribution in [3.8, 4) is 5.75 Å². The van der Waals surface area contributed by atoms with Gasteiger partial charge in [0, 0.05) is 17.8 Å². The van der Waals surface area contributed by atoms with Crippen molar-refractivity contribution < 1.29 is 32.0 Å². The maximum Gasteiger partial charge on any atom is 0.416 e. The largest absolute Gasteiger partial charge is 0.484 e. The number of anilines is 1. The van der Waals surface area contributed by atoms with Crippen molar-refractivity contribution in [2.24, 2.45) is 0 Å². The summed E-state index contributed by atoms with van der Waals surface area (Å²) in [5.41, 5.74) is -1.47. The van der Waals surface area contributed by atoms with Crippen LogP contribution in [0.2, 0.25) is 0 Å². The molecule has 0 heterocycles. The number of nitrogens with zero attached hydrogens (tertiary/aromatic N) is 1. The first-order valence-corrected chi connectivity index (χ1v) is 6.70. The lowest BCUT2D eigenvalue weighted by Crippen LogP contribution is -2.20. The summed E-state index contributed by atoms with van der Waals surface area (Å²) in [6.07, 6.45) is -4.48. The molecule has 0 unspecified atom stereocenters. The van der Waals surface area contributed by atoms with Crippen molar-refractivity contribution in [1.82, 2.24) is 0 Å². The number of amides is 1. The molecule has 0 bridgehead atoms. The number of hydrogen-bond acceptors (Lipinski definition) is 4. The number of alkyl halides is 3. The van der Waals surface area contributed by atoms with Gasteiger partial charge < -0.3 is 10.1 Å². The molecule has 2 aromatic carbocycles. The summed E-state index contributed by atoms with van der Waals surface area (Å²) in [5.74, 6) is -1.92. The Morgan fingerprint density at radius 3 is 2.32 bits per heavy atom. The average molecular weight is 358 g/mol. The Hall–Kier alpha value is -3.17. The van der Waals surface area contributed by atoms with Crippen LogP contribution in [0.3, 0.4) is 0 Å². The van der Waals surface area contributed by atoms with E-state index >= 15 is 0 Å². The van der Waals surface area contributed by atoms with Crippen molar-refractivity contribution in [3.05, 3.63) is 64.0 Å². The molecule has 2 rings (SSSR count). The Balaban J connectivity index is 1.92. The van der Waals surface area contributed by atoms with Crippen molar-refractivity contribution in [2.75, 3.05) is 11.9 Å². The Bertz CT molecular complexity index is 791. The molecule has 0 saturated heterocycles. The third-order valence-corrected chi connectivity index (χ3v) is 2.98. The van der Waals surface area contributed by atoms with E-state index in [1.807, 2.05) is 0 Å². The summed E-state index contributed by atoms with van der Waals surface area (Å²) < 4.78 is 55.6. The SMILES string of the molecule is O=C(COc1ccc([N+](=O)[O-])c(F)c1)Nc1ccc(C(F)(F)F)cc1. The van der Waals surface area contributed by atoms with Gasteiger partial charge in [-0.15, -0.1) is 0 Å². The third kappa shape index (κ3) is 4.90. The summed E-state index contributed by atoms with van der Waals surface area (Å²) in [6.45, 7) is -0.557. The number of benzene rings is 2. The molecule has 10 heteroatoms. The normalized spacial score (nSPS) is 11.0. The Morgan fingerprint density at radius 1 is 1.16 bits per heavy atom. The molecule has 0 aliphatic heterocycles. The van der Waals surface area contributed by atoms with Crippen LogP contribution in [0, 0.1) is 15.9 Å². The number of halogens is 4. The highest BCUT2D eigenvalue weighted by Gasteiger charge is 2.30. The number of carbonyl (C=O) groups is 1. The smallest absolute Gasteiger partial charge is 0.416 e. The van der Waals surface area contributed by atoms with Gasteiger partial charge in [0.15, 0.2) is 6.61 Å². The molecule has 1 N–H and O–H groups in total. The monoisotopic (exact) mass is 358 g/mol. The first-order valence-electron chi connectivity index (χ1n) is 6.70. The number of ether oxygens (including phenoxy) is 1. The van der Waals surface area contributed by atoms with Crippen molar-refractivity contribution >= 4 is 17.3 Å². The molecule has 0 aliphatic carbocycles. The second-order valence-electron chi connectivity index (χ2n) is 4.78. The summed E-state index contributed by atoms with van der Waals surface area (Å²) in [5, 5.41) is 12.8. The number of rotatable bonds is 5. The van der Waals surface area contributed by atoms with E-state index in [1.165, 1.54) is 0 Å². The van der Waals surface area contributed by atoms with Crippen LogP contribution in [0.4, 0.5) is 28.9 Å². The lowest BCUT2D eigenvalue weighted by Gasteiger charge is -2.09. The van der Waals surface area contributed by atoms with Crippen LogP contribution in [-0.2, 0) is 11.0 Å². The minimum Gasteiger partial charge on any atom is -0.484 e. The van der Waals surface area contributed by atoms with E-state index in [-0.39, 0.29) is 11.4 Å². The summed E-state index contributed by atoms with van der Waals surface area (Å²) in [6, 6.07) is 6.53. The zero-order valence-electron chi connectivity index (χ0n) is 12.3. The second-order valence-corrected chi connectivity index (χ2v) is 4.78. The fraction of sp³-hybridized carbons (Fsp3) is 0.133. The van der Waals surface area contributed by atoms with E-state index < -0.39 is 40.7 Å². The summed E-state index contributed by atoms with van der Waals surface area (Å²) in [7, 11) is 0. The third-order valence-electron chi connectivity index (χ3n) is 2.98. The average Bonchev–Trinajstić information content (AvgIpc) is 2.52. The van der Waals surface area contributed by atoms with Gasteiger partial charge >= 0.3 is 11.9 Å². The molecule has 0 radical (unpaired) electrons. The predicted octanol–water partition coefficient (Wildman–Crippen LogP) is 3.77. The number of hydrogen-bond donors (Lipinski definition) is 1. The van der Waals surface area contributed by atoms with E-state index in [2.05, 4.69) is 5.32 Å². The van der Waals surface area contributed by atoms with Crippen LogP contribution < -0.4 is 10.1 Å². The fourth-order valence-electron chi connectivity index (χ4n) is 1.81. The first-order chi connectivity index (χ1) is 11.7. The van der Waals surface area contributed by atoms with Gasteiger partial charge in [-0.25, -0.2) is 0 Å². The van der Waals surface area contributed by atoms with E-state index in [4.69, 9.17) is 4.74 Å². The predicted molar refractivity (Wildman–Crippen MR) is 78.6 cm³/mol. The number of nitro benzene ring substituents is 1. The maximum absolute atomic E-state index is 13.4. The van der Waals surface area contributed by atoms with Gasteiger partial charge in [-0.1, -0.05) is 0 Å². The molecule has 0 atom stereocenters. The lowest BCUT2D eigenvalue weighted by atomic mass is 10.2. The lowest BCUT2D eigenvalue weighted by molar-refractivity contribution is -0.387. The van der Waals surface area contributed by atoms with E-state index in [0.717, 1.165) is 42.5 Å². The number of carbonyl (C=O) groups excluding carboxylic acids is 1. The second kappa shape index (κ2) is 7.16. The standard InChI is InChI=1S/C15H10F4N2O4/c16-12-7-11(5-6-13(12)21(23)24)25-8-14(22)20-10-3-1-9(2-4-10)15(17,18)19/h1-7H,8H2,(H,20,22). The first kappa shape index (κ1) is 18.2. The molecular weight excluding hydrogens is 348 g/mol. The molecule has 132 valence electrons. The van der Waals surface area contributed by atoms with Crippen molar-refractivity contribution in [3.63, 3.8) is 0 Å². The molecule has 2 aromatic rings. The van der Waals surface area contributed by atoms with Crippen LogP contribution in [0.1, 0.15) is 5.56 Å². The molecular formula is C15H10F4N2O4. The quantitative estimate of drug-likeness (QED) is 0.501. The zero-order valence-corrected chi connectivity index (χ0v) is 12.3. The van der Waals surface area contributed by atoms with E-state index in [1.54, 1.807) is 0 Å². The van der Waals surface area contributed by atoms with Crippen LogP contribution >= 0.6 is 0 Å². The number of nitrogens with one attached hydrogen (secondary N) is 1. The van der Waals surface area contributed by atoms with E-state index in [0.29, 0.717) is 0 Å². The Kier molecular flexibility index (Phi) is 5.20. The molecule has 25 heavy (non-hydrogen) atoms. The minimum absolute atomic E-state index is 0.106. The molecule has 6 nitrogen and oxygen atoms in total. The molecule has 0 saturated carbocycles. The van der Waals surface area contributed by atoms with Crippen molar-refractivity contribution in [2.45, 2.75) is 6.18 Å². The van der Waals surface area contributed by atoms with Crippen LogP contribution in [-0.4, -0.2) is 17.4 Å². The molecule has 0 aliphatic rings. The van der Waals surface area contributed by atoms with Gasteiger partial charge in [-0.3, -0.25) is 14.9 Å². The van der Waals surface area contributed by atoms with Gasteiger partial charge in [-0.2, -0.15) is 17.6 Å². The molecule has 0 aromatic heterocycles. The summed E-state index contributed by atoms with van der Waals surface area (Å²) >= 11 is 0. The highest BCUT2D eigenvalue weighted by Crippen LogP contribution is 2.29. The highest BCUT2D eigenvalue weighted by molar-refractivity contribution is 5.91. The highest BCUT2D eigenvalue weighted by atomic mass is 19.4. The Labute approximate surface area is 138 Å². The van der Waals surface area contributed by atoms with Crippen LogP contribution in [0.25, 0.3) is 0 Å². The van der Waals surface area contributed by atoms with Gasteiger partial charge in [0.2, 0.25) is 5.82 Å². The van der Waals surface area contributed by atoms with E-state index in [9.17, 15) is 32.5 Å². The minimum atomic E-state index is -4.48. The van der Waals surface area contributed by atoms with Gasteiger partial charge in [0.1, 0.15) is 5.75 Å². The maximum atomic E-state index is 13.4. The Morgan fingerprint density at radius 2 is 1.80 bits per heavy atom. The zero-order chi connectivity index (χ0) is 18.6.